The van der Waals surface area contributed by atoms with Crippen LogP contribution in [-0.4, -0.2) is 110 Å². The van der Waals surface area contributed by atoms with E-state index in [1.54, 1.807) is 33.8 Å². The van der Waals surface area contributed by atoms with E-state index in [-0.39, 0.29) is 58.9 Å². The molecule has 16 nitrogen and oxygen atoms in total. The summed E-state index contributed by atoms with van der Waals surface area (Å²) in [6, 6.07) is 2.75. The Morgan fingerprint density at radius 3 is 2.27 bits per heavy atom. The molecule has 3 aliphatic carbocycles. The Balaban J connectivity index is 0.934. The fraction of sp³-hybridized carbons (Fsp3) is 0.633. The summed E-state index contributed by atoms with van der Waals surface area (Å²) in [5.41, 5.74) is -2.39. The van der Waals surface area contributed by atoms with Gasteiger partial charge in [0.25, 0.3) is 5.76 Å². The zero-order valence-corrected chi connectivity index (χ0v) is 38.6. The molecule has 0 radical (unpaired) electrons. The maximum absolute atomic E-state index is 14.7. The summed E-state index contributed by atoms with van der Waals surface area (Å²) in [6.45, 7) is 8.49. The maximum Gasteiger partial charge on any atom is 0.379 e. The van der Waals surface area contributed by atoms with Crippen LogP contribution in [0.15, 0.2) is 59.6 Å². The second-order valence-electron chi connectivity index (χ2n) is 19.4. The number of carbonyl (C=O) groups excluding carboxylic acids is 3. The van der Waals surface area contributed by atoms with Crippen LogP contribution in [0, 0.1) is 41.9 Å². The largest absolute Gasteiger partial charge is 0.507 e. The van der Waals surface area contributed by atoms with E-state index in [9.17, 15) is 44.7 Å². The van der Waals surface area contributed by atoms with E-state index in [4.69, 9.17) is 44.8 Å². The predicted molar refractivity (Wildman–Crippen MR) is 233 cm³/mol. The third-order valence-electron chi connectivity index (χ3n) is 15.2. The number of hydrogen-bond donors (Lipinski definition) is 5. The molecular weight excluding hydrogens is 880 g/mol. The van der Waals surface area contributed by atoms with Gasteiger partial charge in [-0.15, -0.1) is 0 Å². The van der Waals surface area contributed by atoms with Crippen LogP contribution >= 0.6 is 11.6 Å². The van der Waals surface area contributed by atoms with Crippen molar-refractivity contribution in [3.63, 3.8) is 0 Å². The number of allylic oxidation sites excluding steroid dienone is 2. The number of carboxylic acid groups (broad SMARTS) is 1. The molecule has 2 saturated heterocycles. The molecule has 0 aromatic heterocycles. The molecule has 5 unspecified atom stereocenters. The molecule has 1 saturated carbocycles. The lowest BCUT2D eigenvalue weighted by molar-refractivity contribution is -0.318. The molecule has 0 amide bonds. The summed E-state index contributed by atoms with van der Waals surface area (Å²) in [5.74, 6) is -7.18. The van der Waals surface area contributed by atoms with Gasteiger partial charge in [0, 0.05) is 41.7 Å². The number of phenolic OH excluding ortho intramolecular Hbond substituents is 1. The van der Waals surface area contributed by atoms with Gasteiger partial charge in [-0.2, -0.15) is 0 Å². The molecule has 17 heteroatoms. The van der Waals surface area contributed by atoms with E-state index in [2.05, 4.69) is 6.08 Å². The quantitative estimate of drug-likeness (QED) is 0.109. The van der Waals surface area contributed by atoms with Gasteiger partial charge in [-0.05, 0) is 95.2 Å². The van der Waals surface area contributed by atoms with Crippen molar-refractivity contribution in [3.05, 3.63) is 75.8 Å². The van der Waals surface area contributed by atoms with Crippen molar-refractivity contribution in [2.45, 2.75) is 160 Å². The summed E-state index contributed by atoms with van der Waals surface area (Å²) in [4.78, 5) is 53.5. The smallest absolute Gasteiger partial charge is 0.379 e. The Bertz CT molecular complexity index is 2180. The minimum absolute atomic E-state index is 0.0103. The van der Waals surface area contributed by atoms with E-state index in [0.29, 0.717) is 37.7 Å². The van der Waals surface area contributed by atoms with Crippen LogP contribution in [0.1, 0.15) is 108 Å². The van der Waals surface area contributed by atoms with Crippen LogP contribution in [0.2, 0.25) is 5.02 Å². The second-order valence-corrected chi connectivity index (χ2v) is 19.8. The molecule has 4 aliphatic heterocycles. The number of benzene rings is 1. The third kappa shape index (κ3) is 8.83. The number of aliphatic hydroxyl groups is 3. The van der Waals surface area contributed by atoms with E-state index >= 15 is 0 Å². The van der Waals surface area contributed by atoms with Gasteiger partial charge >= 0.3 is 23.9 Å². The monoisotopic (exact) mass is 940 g/mol. The molecule has 1 aromatic rings. The zero-order chi connectivity index (χ0) is 47.4. The lowest BCUT2D eigenvalue weighted by atomic mass is 9.55. The Labute approximate surface area is 388 Å². The van der Waals surface area contributed by atoms with Crippen LogP contribution < -0.4 is 0 Å². The number of aliphatic carboxylic acids is 1. The fourth-order valence-corrected chi connectivity index (χ4v) is 11.7. The Hall–Kier alpha value is -4.29. The van der Waals surface area contributed by atoms with Crippen LogP contribution in [0.5, 0.6) is 5.75 Å². The molecule has 16 atom stereocenters. The number of esters is 3. The number of phenols is 1. The molecule has 4 heterocycles. The highest BCUT2D eigenvalue weighted by Crippen LogP contribution is 2.55. The Morgan fingerprint density at radius 1 is 0.879 bits per heavy atom. The number of fused-ring (bicyclic) bond motifs is 3. The molecule has 3 fully saturated rings. The van der Waals surface area contributed by atoms with Crippen LogP contribution in [-0.2, 0) is 47.5 Å². The maximum atomic E-state index is 14.7. The third-order valence-corrected chi connectivity index (χ3v) is 15.6. The van der Waals surface area contributed by atoms with Crippen molar-refractivity contribution in [1.82, 2.24) is 0 Å². The molecule has 66 heavy (non-hydrogen) atoms. The number of hydrogen-bond acceptors (Lipinski definition) is 15. The summed E-state index contributed by atoms with van der Waals surface area (Å²) >= 11 is 6.16. The van der Waals surface area contributed by atoms with Crippen LogP contribution in [0.25, 0.3) is 0 Å². The van der Waals surface area contributed by atoms with E-state index in [1.807, 2.05) is 19.1 Å². The highest BCUT2D eigenvalue weighted by Gasteiger charge is 2.60. The van der Waals surface area contributed by atoms with Gasteiger partial charge in [0.15, 0.2) is 30.0 Å². The van der Waals surface area contributed by atoms with Crippen molar-refractivity contribution in [2.75, 3.05) is 0 Å². The topological polar surface area (TPSA) is 234 Å². The molecule has 360 valence electrons. The summed E-state index contributed by atoms with van der Waals surface area (Å²) < 4.78 is 42.7. The minimum Gasteiger partial charge on any atom is -0.507 e. The zero-order valence-electron chi connectivity index (χ0n) is 37.8. The first-order valence-electron chi connectivity index (χ1n) is 23.2. The predicted octanol–water partition coefficient (Wildman–Crippen LogP) is 6.66. The van der Waals surface area contributed by atoms with Gasteiger partial charge < -0.3 is 58.7 Å². The molecule has 1 aromatic carbocycles. The summed E-state index contributed by atoms with van der Waals surface area (Å²) in [7, 11) is 0. The van der Waals surface area contributed by atoms with Gasteiger partial charge in [-0.1, -0.05) is 61.7 Å². The number of halogens is 1. The van der Waals surface area contributed by atoms with E-state index in [1.165, 1.54) is 18.2 Å². The first-order chi connectivity index (χ1) is 31.3. The van der Waals surface area contributed by atoms with Crippen molar-refractivity contribution in [1.29, 1.82) is 0 Å². The second kappa shape index (κ2) is 19.0. The lowest BCUT2D eigenvalue weighted by Gasteiger charge is -2.51. The fourth-order valence-electron chi connectivity index (χ4n) is 11.6. The first kappa shape index (κ1) is 48.2. The van der Waals surface area contributed by atoms with E-state index in [0.717, 1.165) is 12.8 Å². The lowest BCUT2D eigenvalue weighted by Crippen LogP contribution is -2.56. The van der Waals surface area contributed by atoms with Crippen molar-refractivity contribution in [3.8, 4) is 5.75 Å². The van der Waals surface area contributed by atoms with Crippen molar-refractivity contribution < 1.29 is 77.9 Å². The first-order valence-corrected chi connectivity index (χ1v) is 23.6. The van der Waals surface area contributed by atoms with E-state index < -0.39 is 114 Å². The van der Waals surface area contributed by atoms with Crippen LogP contribution in [0.3, 0.4) is 0 Å². The van der Waals surface area contributed by atoms with Gasteiger partial charge in [-0.25, -0.2) is 14.4 Å². The van der Waals surface area contributed by atoms with Gasteiger partial charge in [-0.3, -0.25) is 4.79 Å². The number of carboxylic acids is 1. The Kier molecular flexibility index (Phi) is 13.9. The molecule has 8 rings (SSSR count). The SMILES string of the molecule is Cc1c(Cl)ccc(O)c1C(=O)O[C@H]1[C@H](O)C[C@@H](O[C@H]2[C@H](O)C[C@@H](O[C@H]3CCCC4C3C=CC3CCCC/C=C\C5C=C(C(=O)O)[C@H](C)CC56OC(=O)C(=C6O)OC(=O)[C@]34C)O[C@@H]2C)O[C@@H]1C. The number of aromatic hydroxyl groups is 1. The highest BCUT2D eigenvalue weighted by molar-refractivity contribution is 6.32. The molecule has 2 bridgehead atoms. The van der Waals surface area contributed by atoms with Gasteiger partial charge in [0.05, 0.1) is 35.9 Å². The average Bonchev–Trinajstić information content (AvgIpc) is 3.48. The molecule has 1 spiro atoms. The number of carbonyl (C=O) groups is 4. The van der Waals surface area contributed by atoms with Gasteiger partial charge in [0.2, 0.25) is 0 Å². The molecule has 7 aliphatic rings. The summed E-state index contributed by atoms with van der Waals surface area (Å²) in [6.07, 6.45) is 6.30. The average molecular weight is 941 g/mol. The summed E-state index contributed by atoms with van der Waals surface area (Å²) in [5, 5.41) is 54.8. The number of rotatable bonds is 7. The highest BCUT2D eigenvalue weighted by atomic mass is 35.5. The normalized spacial score (nSPS) is 40.9. The Morgan fingerprint density at radius 2 is 1.58 bits per heavy atom. The molecule has 5 N–H and O–H groups in total. The van der Waals surface area contributed by atoms with Crippen molar-refractivity contribution >= 4 is 35.5 Å². The number of ether oxygens (including phenoxy) is 7. The standard InChI is InChI=1S/C49H61ClO16/c1-23-22-49-28(19-30(23)44(55)56)12-9-7-6-8-11-27-15-16-29-31(48(27,5)47(59)65-42(43(49)54)46(58)66-49)13-10-14-36(29)62-37-20-34(52)40(25(3)60-37)63-38-21-35(53)41(26(4)61-38)64-45(57)39-24(2)32(50)17-18-33(39)51/h9,12,15-19,23,25-29,31,34-38,40-41,51-54H,6-8,10-11,13-14,20-22H2,1-5H3,(H,55,56)/b12-9-/t23-,25-,26-,27?,28?,29?,31?,34-,35-,36+,37-,38-,40-,41-,48-,49?/m1/s1. The molecular formula is C49H61ClO16. The van der Waals surface area contributed by atoms with Gasteiger partial charge in [0.1, 0.15) is 17.4 Å². The van der Waals surface area contributed by atoms with Crippen LogP contribution in [0.4, 0.5) is 0 Å². The minimum atomic E-state index is -1.62. The van der Waals surface area contributed by atoms with Crippen molar-refractivity contribution in [2.24, 2.45) is 35.0 Å². The number of aliphatic hydroxyl groups excluding tert-OH is 3.